The molecule has 3 aromatic carbocycles. The van der Waals surface area contributed by atoms with E-state index in [0.29, 0.717) is 6.04 Å². The Balaban J connectivity index is 1.56. The van der Waals surface area contributed by atoms with Crippen molar-refractivity contribution in [2.24, 2.45) is 0 Å². The van der Waals surface area contributed by atoms with Crippen molar-refractivity contribution < 1.29 is 4.74 Å². The molecule has 0 aliphatic carbocycles. The number of hydrogen-bond acceptors (Lipinski definition) is 4. The van der Waals surface area contributed by atoms with Gasteiger partial charge in [-0.3, -0.25) is 0 Å². The van der Waals surface area contributed by atoms with E-state index in [4.69, 9.17) is 4.74 Å². The Bertz CT molecular complexity index is 955. The second kappa shape index (κ2) is 7.95. The third-order valence-corrected chi connectivity index (χ3v) is 5.40. The zero-order valence-corrected chi connectivity index (χ0v) is 16.7. The van der Waals surface area contributed by atoms with Crippen LogP contribution in [0.1, 0.15) is 24.1 Å². The summed E-state index contributed by atoms with van der Waals surface area (Å²) in [7, 11) is 3.83. The van der Waals surface area contributed by atoms with Crippen LogP contribution in [0.25, 0.3) is 11.1 Å². The first-order valence-electron chi connectivity index (χ1n) is 9.70. The Morgan fingerprint density at radius 2 is 1.89 bits per heavy atom. The van der Waals surface area contributed by atoms with Gasteiger partial charge in [-0.25, -0.2) is 0 Å². The van der Waals surface area contributed by atoms with E-state index >= 15 is 0 Å². The molecular formula is C24H27N3O. The second-order valence-electron chi connectivity index (χ2n) is 7.31. The molecular weight excluding hydrogens is 346 g/mol. The van der Waals surface area contributed by atoms with E-state index in [1.807, 2.05) is 0 Å². The first-order chi connectivity index (χ1) is 13.7. The number of rotatable bonds is 6. The maximum absolute atomic E-state index is 5.64. The van der Waals surface area contributed by atoms with Gasteiger partial charge in [0.15, 0.2) is 0 Å². The highest BCUT2D eigenvalue weighted by molar-refractivity contribution is 5.82. The van der Waals surface area contributed by atoms with Gasteiger partial charge in [-0.2, -0.15) is 0 Å². The molecule has 0 amide bonds. The number of nitrogens with one attached hydrogen (secondary N) is 2. The van der Waals surface area contributed by atoms with Crippen molar-refractivity contribution in [2.75, 3.05) is 31.0 Å². The summed E-state index contributed by atoms with van der Waals surface area (Å²) in [6, 6.07) is 23.8. The van der Waals surface area contributed by atoms with Crippen LogP contribution in [0.4, 0.5) is 11.4 Å². The maximum Gasteiger partial charge on any atom is 0.126 e. The van der Waals surface area contributed by atoms with Gasteiger partial charge >= 0.3 is 0 Å². The number of anilines is 2. The zero-order valence-electron chi connectivity index (χ0n) is 16.7. The van der Waals surface area contributed by atoms with Crippen molar-refractivity contribution >= 4 is 11.4 Å². The Morgan fingerprint density at radius 1 is 1.07 bits per heavy atom. The molecule has 0 fully saturated rings. The molecule has 144 valence electrons. The van der Waals surface area contributed by atoms with Crippen LogP contribution < -0.4 is 20.3 Å². The molecule has 3 aromatic rings. The van der Waals surface area contributed by atoms with Crippen LogP contribution in [0, 0.1) is 0 Å². The quantitative estimate of drug-likeness (QED) is 0.635. The Hall–Kier alpha value is -2.98. The lowest BCUT2D eigenvalue weighted by atomic mass is 10.00. The monoisotopic (exact) mass is 373 g/mol. The number of fused-ring (bicyclic) bond motifs is 1. The van der Waals surface area contributed by atoms with Crippen LogP contribution >= 0.6 is 0 Å². The van der Waals surface area contributed by atoms with E-state index < -0.39 is 0 Å². The third kappa shape index (κ3) is 3.69. The van der Waals surface area contributed by atoms with E-state index in [2.05, 4.69) is 96.2 Å². The summed E-state index contributed by atoms with van der Waals surface area (Å²) < 4.78 is 5.64. The van der Waals surface area contributed by atoms with Gasteiger partial charge in [0.1, 0.15) is 5.75 Å². The summed E-state index contributed by atoms with van der Waals surface area (Å²) in [5.41, 5.74) is 7.22. The highest BCUT2D eigenvalue weighted by Crippen LogP contribution is 2.37. The summed E-state index contributed by atoms with van der Waals surface area (Å²) in [4.78, 5) is 2.21. The third-order valence-electron chi connectivity index (χ3n) is 5.40. The van der Waals surface area contributed by atoms with E-state index in [1.54, 1.807) is 7.11 Å². The van der Waals surface area contributed by atoms with E-state index in [-0.39, 0.29) is 0 Å². The normalized spacial score (nSPS) is 13.8. The van der Waals surface area contributed by atoms with Gasteiger partial charge in [-0.05, 0) is 47.9 Å². The number of ether oxygens (including phenoxy) is 1. The Kier molecular flexibility index (Phi) is 5.22. The predicted molar refractivity (Wildman–Crippen MR) is 117 cm³/mol. The Labute approximate surface area is 167 Å². The van der Waals surface area contributed by atoms with Gasteiger partial charge in [0, 0.05) is 25.2 Å². The molecule has 1 heterocycles. The van der Waals surface area contributed by atoms with Crippen molar-refractivity contribution in [3.05, 3.63) is 77.9 Å². The SMILES string of the molecule is COc1ccc(CN[C@H](C)c2ccccc2)cc1-c1ccc2c(c1)NCN2C. The molecule has 0 radical (unpaired) electrons. The number of hydrogen-bond donors (Lipinski definition) is 2. The van der Waals surface area contributed by atoms with Crippen LogP contribution in [-0.4, -0.2) is 20.8 Å². The maximum atomic E-state index is 5.64. The predicted octanol–water partition coefficient (Wildman–Crippen LogP) is 5.03. The van der Waals surface area contributed by atoms with E-state index in [9.17, 15) is 0 Å². The molecule has 1 aliphatic heterocycles. The molecule has 4 nitrogen and oxygen atoms in total. The lowest BCUT2D eigenvalue weighted by molar-refractivity contribution is 0.416. The molecule has 0 saturated carbocycles. The van der Waals surface area contributed by atoms with Crippen LogP contribution in [0.15, 0.2) is 66.7 Å². The largest absolute Gasteiger partial charge is 0.496 e. The molecule has 0 unspecified atom stereocenters. The smallest absolute Gasteiger partial charge is 0.126 e. The van der Waals surface area contributed by atoms with Crippen molar-refractivity contribution in [1.82, 2.24) is 5.32 Å². The van der Waals surface area contributed by atoms with Gasteiger partial charge in [0.25, 0.3) is 0 Å². The highest BCUT2D eigenvalue weighted by atomic mass is 16.5. The van der Waals surface area contributed by atoms with Crippen molar-refractivity contribution in [1.29, 1.82) is 0 Å². The summed E-state index contributed by atoms with van der Waals surface area (Å²) in [6.45, 7) is 3.85. The van der Waals surface area contributed by atoms with Crippen LogP contribution in [0.5, 0.6) is 5.75 Å². The fourth-order valence-electron chi connectivity index (χ4n) is 3.69. The zero-order chi connectivity index (χ0) is 19.5. The first kappa shape index (κ1) is 18.4. The summed E-state index contributed by atoms with van der Waals surface area (Å²) in [6.07, 6.45) is 0. The lowest BCUT2D eigenvalue weighted by Crippen LogP contribution is -2.18. The molecule has 2 N–H and O–H groups in total. The van der Waals surface area contributed by atoms with Crippen LogP contribution in [-0.2, 0) is 6.54 Å². The van der Waals surface area contributed by atoms with Gasteiger partial charge in [0.2, 0.25) is 0 Å². The lowest BCUT2D eigenvalue weighted by Gasteiger charge is -2.16. The van der Waals surface area contributed by atoms with Gasteiger partial charge in [0.05, 0.1) is 25.2 Å². The molecule has 0 saturated heterocycles. The fraction of sp³-hybridized carbons (Fsp3) is 0.250. The molecule has 0 spiro atoms. The van der Waals surface area contributed by atoms with Crippen molar-refractivity contribution in [3.63, 3.8) is 0 Å². The number of nitrogens with zero attached hydrogens (tertiary/aromatic N) is 1. The number of benzene rings is 3. The first-order valence-corrected chi connectivity index (χ1v) is 9.70. The molecule has 1 atom stereocenters. The summed E-state index contributed by atoms with van der Waals surface area (Å²) in [5, 5.41) is 7.06. The summed E-state index contributed by atoms with van der Waals surface area (Å²) >= 11 is 0. The standard InChI is InChI=1S/C24H27N3O/c1-17(19-7-5-4-6-8-19)25-15-18-9-12-24(28-3)21(13-18)20-10-11-23-22(14-20)26-16-27(23)2/h4-14,17,25-26H,15-16H2,1-3H3/t17-/m1/s1. The molecule has 1 aliphatic rings. The highest BCUT2D eigenvalue weighted by Gasteiger charge is 2.17. The summed E-state index contributed by atoms with van der Waals surface area (Å²) in [5.74, 6) is 0.895. The molecule has 0 bridgehead atoms. The van der Waals surface area contributed by atoms with Gasteiger partial charge < -0.3 is 20.3 Å². The van der Waals surface area contributed by atoms with Crippen molar-refractivity contribution in [3.8, 4) is 16.9 Å². The van der Waals surface area contributed by atoms with Crippen LogP contribution in [0.3, 0.4) is 0 Å². The van der Waals surface area contributed by atoms with Crippen LogP contribution in [0.2, 0.25) is 0 Å². The average molecular weight is 374 g/mol. The molecule has 4 rings (SSSR count). The minimum Gasteiger partial charge on any atom is -0.496 e. The number of methoxy groups -OCH3 is 1. The average Bonchev–Trinajstić information content (AvgIpc) is 3.12. The minimum absolute atomic E-state index is 0.298. The molecule has 0 aromatic heterocycles. The van der Waals surface area contributed by atoms with Crippen molar-refractivity contribution in [2.45, 2.75) is 19.5 Å². The Morgan fingerprint density at radius 3 is 2.68 bits per heavy atom. The van der Waals surface area contributed by atoms with Gasteiger partial charge in [-0.15, -0.1) is 0 Å². The fourth-order valence-corrected chi connectivity index (χ4v) is 3.69. The minimum atomic E-state index is 0.298. The van der Waals surface area contributed by atoms with E-state index in [1.165, 1.54) is 22.5 Å². The van der Waals surface area contributed by atoms with Gasteiger partial charge in [-0.1, -0.05) is 42.5 Å². The molecule has 28 heavy (non-hydrogen) atoms. The molecule has 4 heteroatoms. The van der Waals surface area contributed by atoms with E-state index in [0.717, 1.165) is 30.1 Å². The second-order valence-corrected chi connectivity index (χ2v) is 7.31. The topological polar surface area (TPSA) is 36.5 Å².